The maximum Gasteiger partial charge on any atom is 0.222 e. The van der Waals surface area contributed by atoms with Crippen molar-refractivity contribution < 1.29 is 13.9 Å². The number of amides is 1. The summed E-state index contributed by atoms with van der Waals surface area (Å²) in [6.07, 6.45) is 5.52. The summed E-state index contributed by atoms with van der Waals surface area (Å²) in [5.74, 6) is 1.23. The van der Waals surface area contributed by atoms with Crippen LogP contribution < -0.4 is 4.74 Å². The van der Waals surface area contributed by atoms with Crippen LogP contribution in [0.4, 0.5) is 4.39 Å². The molecule has 166 valence electrons. The van der Waals surface area contributed by atoms with E-state index in [2.05, 4.69) is 11.1 Å². The minimum Gasteiger partial charge on any atom is -0.497 e. The average molecular weight is 433 g/mol. The number of hydrogen-bond acceptors (Lipinski definition) is 3. The van der Waals surface area contributed by atoms with E-state index >= 15 is 0 Å². The number of aryl methyl sites for hydroxylation is 1. The molecule has 0 atom stereocenters. The number of likely N-dealkylation sites (tertiary alicyclic amines) is 1. The number of halogens is 1. The summed E-state index contributed by atoms with van der Waals surface area (Å²) in [4.78, 5) is 19.3. The topological polar surface area (TPSA) is 42.4 Å². The second kappa shape index (κ2) is 10.4. The van der Waals surface area contributed by atoms with Crippen LogP contribution in [-0.2, 0) is 17.6 Å². The van der Waals surface area contributed by atoms with Crippen LogP contribution in [0.25, 0.3) is 0 Å². The molecule has 0 radical (unpaired) electrons. The fraction of sp³-hybridized carbons (Fsp3) is 0.333. The Labute approximate surface area is 189 Å². The number of carbonyl (C=O) groups is 1. The number of pyridine rings is 1. The molecule has 0 bridgehead atoms. The van der Waals surface area contributed by atoms with Gasteiger partial charge in [0.05, 0.1) is 7.11 Å². The van der Waals surface area contributed by atoms with Crippen molar-refractivity contribution in [2.75, 3.05) is 20.2 Å². The molecule has 0 aliphatic carbocycles. The highest BCUT2D eigenvalue weighted by molar-refractivity contribution is 5.76. The van der Waals surface area contributed by atoms with Crippen LogP contribution in [0.1, 0.15) is 47.6 Å². The second-order valence-electron chi connectivity index (χ2n) is 8.36. The van der Waals surface area contributed by atoms with Gasteiger partial charge < -0.3 is 9.64 Å². The highest BCUT2D eigenvalue weighted by Gasteiger charge is 2.24. The number of rotatable bonds is 7. The van der Waals surface area contributed by atoms with Gasteiger partial charge in [-0.3, -0.25) is 9.78 Å². The van der Waals surface area contributed by atoms with E-state index in [1.807, 2.05) is 53.6 Å². The van der Waals surface area contributed by atoms with Gasteiger partial charge in [-0.2, -0.15) is 0 Å². The summed E-state index contributed by atoms with van der Waals surface area (Å²) >= 11 is 0. The lowest BCUT2D eigenvalue weighted by atomic mass is 9.92. The van der Waals surface area contributed by atoms with Crippen LogP contribution in [0.15, 0.2) is 66.9 Å². The minimum atomic E-state index is -0.180. The second-order valence-corrected chi connectivity index (χ2v) is 8.36. The number of piperidine rings is 1. The van der Waals surface area contributed by atoms with Crippen molar-refractivity contribution in [2.24, 2.45) is 0 Å². The van der Waals surface area contributed by atoms with Crippen molar-refractivity contribution in [3.05, 3.63) is 95.1 Å². The van der Waals surface area contributed by atoms with E-state index in [1.165, 1.54) is 6.07 Å². The lowest BCUT2D eigenvalue weighted by Crippen LogP contribution is -2.38. The normalized spacial score (nSPS) is 14.4. The molecule has 4 rings (SSSR count). The Kier molecular flexibility index (Phi) is 7.15. The maximum atomic E-state index is 13.9. The van der Waals surface area contributed by atoms with Gasteiger partial charge in [-0.1, -0.05) is 36.4 Å². The molecule has 0 N–H and O–H groups in total. The quantitative estimate of drug-likeness (QED) is 0.518. The molecule has 1 fully saturated rings. The third-order valence-electron chi connectivity index (χ3n) is 6.25. The van der Waals surface area contributed by atoms with Crippen LogP contribution in [0.3, 0.4) is 0 Å². The van der Waals surface area contributed by atoms with Gasteiger partial charge in [0.1, 0.15) is 11.6 Å². The standard InChI is InChI=1S/C27H29FN2O2/c1-32-24-10-6-20(7-11-24)9-13-27(31)30-16-14-22(15-17-30)26-12-8-21(19-29-26)18-23-4-2-3-5-25(23)28/h2-8,10-12,19,22H,9,13-18H2,1H3. The van der Waals surface area contributed by atoms with E-state index in [0.29, 0.717) is 24.3 Å². The summed E-state index contributed by atoms with van der Waals surface area (Å²) in [5, 5.41) is 0. The molecular weight excluding hydrogens is 403 g/mol. The first-order valence-corrected chi connectivity index (χ1v) is 11.2. The largest absolute Gasteiger partial charge is 0.497 e. The van der Waals surface area contributed by atoms with Gasteiger partial charge in [-0.05, 0) is 60.2 Å². The number of nitrogens with zero attached hydrogens (tertiary/aromatic N) is 2. The van der Waals surface area contributed by atoms with E-state index in [4.69, 9.17) is 4.74 Å². The van der Waals surface area contributed by atoms with Crippen LogP contribution in [-0.4, -0.2) is 36.0 Å². The Morgan fingerprint density at radius 3 is 2.41 bits per heavy atom. The predicted octanol–water partition coefficient (Wildman–Crippen LogP) is 5.16. The van der Waals surface area contributed by atoms with Crippen molar-refractivity contribution in [1.82, 2.24) is 9.88 Å². The molecule has 2 heterocycles. The Morgan fingerprint density at radius 1 is 1.03 bits per heavy atom. The highest BCUT2D eigenvalue weighted by atomic mass is 19.1. The summed E-state index contributed by atoms with van der Waals surface area (Å²) in [6, 6.07) is 18.8. The van der Waals surface area contributed by atoms with Crippen molar-refractivity contribution in [3.8, 4) is 5.75 Å². The molecule has 1 aliphatic heterocycles. The summed E-state index contributed by atoms with van der Waals surface area (Å²) in [5.41, 5.74) is 3.90. The van der Waals surface area contributed by atoms with E-state index < -0.39 is 0 Å². The lowest BCUT2D eigenvalue weighted by molar-refractivity contribution is -0.132. The Balaban J connectivity index is 1.25. The van der Waals surface area contributed by atoms with Gasteiger partial charge in [0.25, 0.3) is 0 Å². The summed E-state index contributed by atoms with van der Waals surface area (Å²) in [7, 11) is 1.65. The average Bonchev–Trinajstić information content (AvgIpc) is 2.85. The molecule has 0 spiro atoms. The monoisotopic (exact) mass is 432 g/mol. The van der Waals surface area contributed by atoms with Gasteiger partial charge in [-0.25, -0.2) is 4.39 Å². The fourth-order valence-electron chi connectivity index (χ4n) is 4.27. The molecule has 1 aromatic heterocycles. The number of carbonyl (C=O) groups excluding carboxylic acids is 1. The Hall–Kier alpha value is -3.21. The summed E-state index contributed by atoms with van der Waals surface area (Å²) < 4.78 is 19.1. The molecular formula is C27H29FN2O2. The van der Waals surface area contributed by atoms with Crippen molar-refractivity contribution in [1.29, 1.82) is 0 Å². The zero-order valence-corrected chi connectivity index (χ0v) is 18.5. The van der Waals surface area contributed by atoms with Crippen LogP contribution in [0, 0.1) is 5.82 Å². The predicted molar refractivity (Wildman–Crippen MR) is 123 cm³/mol. The van der Waals surface area contributed by atoms with Gasteiger partial charge >= 0.3 is 0 Å². The van der Waals surface area contributed by atoms with Crippen LogP contribution in [0.2, 0.25) is 0 Å². The minimum absolute atomic E-state index is 0.180. The third kappa shape index (κ3) is 5.52. The van der Waals surface area contributed by atoms with Gasteiger partial charge in [0, 0.05) is 43.7 Å². The van der Waals surface area contributed by atoms with Crippen molar-refractivity contribution in [2.45, 2.75) is 38.0 Å². The number of ether oxygens (including phenoxy) is 1. The lowest BCUT2D eigenvalue weighted by Gasteiger charge is -2.32. The molecule has 1 saturated heterocycles. The molecule has 2 aromatic carbocycles. The Bertz CT molecular complexity index is 1030. The Morgan fingerprint density at radius 2 is 1.75 bits per heavy atom. The van der Waals surface area contributed by atoms with E-state index in [0.717, 1.165) is 54.9 Å². The SMILES string of the molecule is COc1ccc(CCC(=O)N2CCC(c3ccc(Cc4ccccc4F)cn3)CC2)cc1. The molecule has 5 heteroatoms. The molecule has 0 saturated carbocycles. The first kappa shape index (κ1) is 22.0. The van der Waals surface area contributed by atoms with E-state index in [-0.39, 0.29) is 11.7 Å². The number of hydrogen-bond donors (Lipinski definition) is 0. The van der Waals surface area contributed by atoms with E-state index in [1.54, 1.807) is 13.2 Å². The molecule has 3 aromatic rings. The molecule has 0 unspecified atom stereocenters. The molecule has 4 nitrogen and oxygen atoms in total. The number of methoxy groups -OCH3 is 1. The number of benzene rings is 2. The first-order chi connectivity index (χ1) is 15.6. The van der Waals surface area contributed by atoms with Crippen LogP contribution >= 0.6 is 0 Å². The van der Waals surface area contributed by atoms with Gasteiger partial charge in [0.15, 0.2) is 0 Å². The van der Waals surface area contributed by atoms with Gasteiger partial charge in [-0.15, -0.1) is 0 Å². The number of aromatic nitrogens is 1. The highest BCUT2D eigenvalue weighted by Crippen LogP contribution is 2.27. The molecule has 32 heavy (non-hydrogen) atoms. The van der Waals surface area contributed by atoms with Crippen molar-refractivity contribution in [3.63, 3.8) is 0 Å². The van der Waals surface area contributed by atoms with Gasteiger partial charge in [0.2, 0.25) is 5.91 Å². The smallest absolute Gasteiger partial charge is 0.222 e. The zero-order chi connectivity index (χ0) is 22.3. The summed E-state index contributed by atoms with van der Waals surface area (Å²) in [6.45, 7) is 1.54. The third-order valence-corrected chi connectivity index (χ3v) is 6.25. The maximum absolute atomic E-state index is 13.9. The van der Waals surface area contributed by atoms with E-state index in [9.17, 15) is 9.18 Å². The molecule has 1 amide bonds. The molecule has 1 aliphatic rings. The fourth-order valence-corrected chi connectivity index (χ4v) is 4.27. The zero-order valence-electron chi connectivity index (χ0n) is 18.5. The van der Waals surface area contributed by atoms with Crippen molar-refractivity contribution >= 4 is 5.91 Å². The van der Waals surface area contributed by atoms with Crippen LogP contribution in [0.5, 0.6) is 5.75 Å². The first-order valence-electron chi connectivity index (χ1n) is 11.2.